The molecule has 3 aliphatic rings. The van der Waals surface area contributed by atoms with Gasteiger partial charge < -0.3 is 30.7 Å². The maximum absolute atomic E-state index is 12.1. The Morgan fingerprint density at radius 2 is 1.94 bits per heavy atom. The summed E-state index contributed by atoms with van der Waals surface area (Å²) in [4.78, 5) is 23.6. The number of nitrogens with zero attached hydrogens (tertiary/aromatic N) is 3. The van der Waals surface area contributed by atoms with Gasteiger partial charge in [0.1, 0.15) is 10.8 Å². The zero-order chi connectivity index (χ0) is 25.2. The molecule has 192 valence electrons. The van der Waals surface area contributed by atoms with Gasteiger partial charge in [-0.1, -0.05) is 23.8 Å². The van der Waals surface area contributed by atoms with E-state index in [1.807, 2.05) is 0 Å². The third kappa shape index (κ3) is 5.00. The fraction of sp³-hybridized carbons (Fsp3) is 0.500. The third-order valence-corrected chi connectivity index (χ3v) is 7.89. The molecule has 0 saturated heterocycles. The molecule has 1 saturated carbocycles. The van der Waals surface area contributed by atoms with Gasteiger partial charge in [-0.25, -0.2) is 4.98 Å². The average molecular weight is 513 g/mol. The number of fused-ring (bicyclic) bond motifs is 3. The van der Waals surface area contributed by atoms with E-state index in [2.05, 4.69) is 49.8 Å². The zero-order valence-corrected chi connectivity index (χ0v) is 21.4. The molecule has 2 bridgehead atoms. The second-order valence-electron chi connectivity index (χ2n) is 9.72. The molecule has 0 unspecified atom stereocenters. The number of halogens is 1. The topological polar surface area (TPSA) is 115 Å². The van der Waals surface area contributed by atoms with Crippen LogP contribution in [0.2, 0.25) is 5.02 Å². The van der Waals surface area contributed by atoms with E-state index in [0.717, 1.165) is 56.9 Å². The molecule has 0 radical (unpaired) electrons. The number of nitrogens with one attached hydrogen (secondary N) is 2. The van der Waals surface area contributed by atoms with Gasteiger partial charge in [0.15, 0.2) is 5.82 Å². The molecule has 1 aliphatic heterocycles. The fourth-order valence-corrected chi connectivity index (χ4v) is 5.87. The predicted octanol–water partition coefficient (Wildman–Crippen LogP) is 3.02. The Hall–Kier alpha value is -2.88. The number of rotatable bonds is 9. The molecule has 9 nitrogen and oxygen atoms in total. The molecule has 1 aromatic heterocycles. The summed E-state index contributed by atoms with van der Waals surface area (Å²) in [5, 5.41) is 7.09. The number of aromatic nitrogens is 2. The Labute approximate surface area is 216 Å². The highest BCUT2D eigenvalue weighted by Gasteiger charge is 2.47. The van der Waals surface area contributed by atoms with Crippen molar-refractivity contribution in [3.8, 4) is 5.75 Å². The summed E-state index contributed by atoms with van der Waals surface area (Å²) in [6.07, 6.45) is 8.61. The first-order valence-corrected chi connectivity index (χ1v) is 12.8. The summed E-state index contributed by atoms with van der Waals surface area (Å²) in [7, 11) is 3.40. The van der Waals surface area contributed by atoms with Crippen molar-refractivity contribution < 1.29 is 14.3 Å². The smallest absolute Gasteiger partial charge is 0.229 e. The molecule has 5 rings (SSSR count). The van der Waals surface area contributed by atoms with E-state index in [4.69, 9.17) is 26.8 Å². The van der Waals surface area contributed by atoms with Gasteiger partial charge >= 0.3 is 0 Å². The summed E-state index contributed by atoms with van der Waals surface area (Å²) in [5.74, 6) is 1.41. The molecule has 1 amide bonds. The number of benzene rings is 1. The van der Waals surface area contributed by atoms with Gasteiger partial charge in [-0.15, -0.1) is 0 Å². The van der Waals surface area contributed by atoms with Gasteiger partial charge in [-0.05, 0) is 54.4 Å². The van der Waals surface area contributed by atoms with Crippen molar-refractivity contribution in [3.05, 3.63) is 46.6 Å². The van der Waals surface area contributed by atoms with Crippen LogP contribution >= 0.6 is 11.6 Å². The Bertz CT molecular complexity index is 1160. The van der Waals surface area contributed by atoms with Crippen molar-refractivity contribution in [1.29, 1.82) is 0 Å². The molecule has 2 aliphatic carbocycles. The molecule has 2 aromatic rings. The summed E-state index contributed by atoms with van der Waals surface area (Å²) in [6, 6.07) is 4.09. The van der Waals surface area contributed by atoms with Gasteiger partial charge in [0, 0.05) is 32.8 Å². The summed E-state index contributed by atoms with van der Waals surface area (Å²) < 4.78 is 10.9. The number of primary amides is 1. The van der Waals surface area contributed by atoms with Gasteiger partial charge in [0.05, 0.1) is 31.5 Å². The minimum Gasteiger partial charge on any atom is -0.495 e. The first-order valence-electron chi connectivity index (χ1n) is 12.4. The normalized spacial score (nSPS) is 24.9. The Morgan fingerprint density at radius 1 is 1.19 bits per heavy atom. The second kappa shape index (κ2) is 10.6. The van der Waals surface area contributed by atoms with Crippen LogP contribution in [0.25, 0.3) is 0 Å². The van der Waals surface area contributed by atoms with E-state index in [9.17, 15) is 4.79 Å². The van der Waals surface area contributed by atoms with E-state index < -0.39 is 0 Å². The van der Waals surface area contributed by atoms with Crippen molar-refractivity contribution in [2.24, 2.45) is 23.5 Å². The van der Waals surface area contributed by atoms with Crippen molar-refractivity contribution >= 4 is 35.0 Å². The first-order chi connectivity index (χ1) is 17.5. The molecule has 4 N–H and O–H groups in total. The second-order valence-corrected chi connectivity index (χ2v) is 10.1. The zero-order valence-electron chi connectivity index (χ0n) is 20.7. The molecular formula is C26H33ClN6O3. The number of hydrogen-bond donors (Lipinski definition) is 3. The van der Waals surface area contributed by atoms with E-state index in [0.29, 0.717) is 16.8 Å². The number of amides is 1. The first kappa shape index (κ1) is 24.8. The Morgan fingerprint density at radius 3 is 2.67 bits per heavy atom. The maximum atomic E-state index is 12.1. The fourth-order valence-electron chi connectivity index (χ4n) is 5.73. The average Bonchev–Trinajstić information content (AvgIpc) is 3.42. The standard InChI is InChI=1S/C26H33ClN6O3/c1-35-10-9-33-7-5-15-12-20(21(36-2)13-16(15)6-8-33)30-26-29-14-19(27)25(32-26)31-23-18-4-3-17(11-18)22(23)24(28)34/h3-4,12-14,17-18,22-23H,5-11H2,1-2H3,(H2,28,34)(H2,29,30,31,32)/t17-,18+,22+,23-/m1/s1. The number of ether oxygens (including phenoxy) is 2. The third-order valence-electron chi connectivity index (χ3n) is 7.61. The molecular weight excluding hydrogens is 480 g/mol. The number of carbonyl (C=O) groups excluding carboxylic acids is 1. The number of methoxy groups -OCH3 is 2. The number of allylic oxidation sites excluding steroid dienone is 1. The van der Waals surface area contributed by atoms with E-state index in [-0.39, 0.29) is 29.7 Å². The van der Waals surface area contributed by atoms with Gasteiger partial charge in [0.2, 0.25) is 11.9 Å². The Kier molecular flexibility index (Phi) is 7.32. The van der Waals surface area contributed by atoms with Crippen LogP contribution in [-0.4, -0.2) is 67.3 Å². The SMILES string of the molecule is COCCN1CCc2cc(Nc3ncc(Cl)c(N[C@H]4[C@@H](C(N)=O)[C@@H]5C=C[C@H]4C5)n3)c(OC)cc2CC1. The lowest BCUT2D eigenvalue weighted by Gasteiger charge is -2.27. The van der Waals surface area contributed by atoms with Crippen LogP contribution in [0.5, 0.6) is 5.75 Å². The van der Waals surface area contributed by atoms with Crippen LogP contribution in [-0.2, 0) is 22.4 Å². The molecule has 10 heteroatoms. The van der Waals surface area contributed by atoms with Crippen LogP contribution < -0.4 is 21.1 Å². The number of hydrogen-bond acceptors (Lipinski definition) is 8. The van der Waals surface area contributed by atoms with Crippen LogP contribution in [0, 0.1) is 17.8 Å². The van der Waals surface area contributed by atoms with E-state index in [1.54, 1.807) is 20.4 Å². The van der Waals surface area contributed by atoms with Crippen LogP contribution in [0.3, 0.4) is 0 Å². The number of carbonyl (C=O) groups is 1. The predicted molar refractivity (Wildman–Crippen MR) is 140 cm³/mol. The molecule has 0 spiro atoms. The summed E-state index contributed by atoms with van der Waals surface area (Å²) in [5.41, 5.74) is 9.09. The largest absolute Gasteiger partial charge is 0.495 e. The van der Waals surface area contributed by atoms with Crippen molar-refractivity contribution in [1.82, 2.24) is 14.9 Å². The monoisotopic (exact) mass is 512 g/mol. The highest BCUT2D eigenvalue weighted by atomic mass is 35.5. The van der Waals surface area contributed by atoms with Crippen molar-refractivity contribution in [2.45, 2.75) is 25.3 Å². The minimum atomic E-state index is -0.302. The lowest BCUT2D eigenvalue weighted by Crippen LogP contribution is -2.41. The van der Waals surface area contributed by atoms with Crippen molar-refractivity contribution in [3.63, 3.8) is 0 Å². The molecule has 2 heterocycles. The van der Waals surface area contributed by atoms with Crippen molar-refractivity contribution in [2.75, 3.05) is 51.1 Å². The summed E-state index contributed by atoms with van der Waals surface area (Å²) >= 11 is 6.44. The van der Waals surface area contributed by atoms with E-state index in [1.165, 1.54) is 11.1 Å². The lowest BCUT2D eigenvalue weighted by molar-refractivity contribution is -0.122. The van der Waals surface area contributed by atoms with Gasteiger partial charge in [0.25, 0.3) is 0 Å². The van der Waals surface area contributed by atoms with Gasteiger partial charge in [-0.3, -0.25) is 4.79 Å². The lowest BCUT2D eigenvalue weighted by atomic mass is 9.88. The maximum Gasteiger partial charge on any atom is 0.229 e. The molecule has 1 fully saturated rings. The van der Waals surface area contributed by atoms with Crippen LogP contribution in [0.1, 0.15) is 17.5 Å². The molecule has 4 atom stereocenters. The highest BCUT2D eigenvalue weighted by molar-refractivity contribution is 6.32. The number of anilines is 3. The molecule has 1 aromatic carbocycles. The Balaban J connectivity index is 1.35. The van der Waals surface area contributed by atoms with E-state index >= 15 is 0 Å². The highest BCUT2D eigenvalue weighted by Crippen LogP contribution is 2.45. The molecule has 36 heavy (non-hydrogen) atoms. The quantitative estimate of drug-likeness (QED) is 0.439. The van der Waals surface area contributed by atoms with Gasteiger partial charge in [-0.2, -0.15) is 4.98 Å². The van der Waals surface area contributed by atoms with Crippen LogP contribution in [0.4, 0.5) is 17.5 Å². The summed E-state index contributed by atoms with van der Waals surface area (Å²) in [6.45, 7) is 3.63. The minimum absolute atomic E-state index is 0.138. The number of nitrogens with two attached hydrogens (primary N) is 1. The van der Waals surface area contributed by atoms with Crippen LogP contribution in [0.15, 0.2) is 30.5 Å².